The van der Waals surface area contributed by atoms with Crippen molar-refractivity contribution in [2.75, 3.05) is 6.56 Å². The van der Waals surface area contributed by atoms with E-state index < -0.39 is 68.1 Å². The Kier molecular flexibility index (Phi) is 8.13. The number of ether oxygens (including phenoxy) is 2. The molecule has 6 atom stereocenters. The SMILES string of the molecule is [2H]C([2H])(OP(=O)(N[C@@H](C)C(=O)OC(C)C)Oc1ccccc1)[C@@H]1O[C@H](n2cc(C)c(=O)[nH]c2=O)[C@H]([N+]#[C-])C1O. The van der Waals surface area contributed by atoms with Crippen LogP contribution in [0.25, 0.3) is 4.85 Å². The lowest BCUT2D eigenvalue weighted by atomic mass is 10.1. The van der Waals surface area contributed by atoms with Gasteiger partial charge in [0.05, 0.1) is 15.4 Å². The number of aryl methyl sites for hydroxylation is 1. The van der Waals surface area contributed by atoms with Crippen molar-refractivity contribution < 1.29 is 35.7 Å². The summed E-state index contributed by atoms with van der Waals surface area (Å²) in [6, 6.07) is 4.83. The minimum absolute atomic E-state index is 0.00799. The number of benzene rings is 1. The number of hydrogen-bond acceptors (Lipinski definition) is 9. The average Bonchev–Trinajstić information content (AvgIpc) is 3.17. The Balaban J connectivity index is 1.94. The van der Waals surface area contributed by atoms with Gasteiger partial charge in [0.25, 0.3) is 11.6 Å². The number of nitrogens with one attached hydrogen (secondary N) is 2. The van der Waals surface area contributed by atoms with Crippen LogP contribution in [0.5, 0.6) is 5.75 Å². The molecule has 0 spiro atoms. The second kappa shape index (κ2) is 11.9. The van der Waals surface area contributed by atoms with Crippen molar-refractivity contribution in [3.63, 3.8) is 0 Å². The van der Waals surface area contributed by atoms with Gasteiger partial charge in [0.1, 0.15) is 17.9 Å². The number of nitrogens with zero attached hydrogens (tertiary/aromatic N) is 2. The molecule has 2 heterocycles. The van der Waals surface area contributed by atoms with Gasteiger partial charge in [-0.05, 0) is 39.8 Å². The van der Waals surface area contributed by atoms with E-state index in [0.29, 0.717) is 0 Å². The number of aromatic amines is 1. The molecule has 1 aliphatic heterocycles. The number of aromatic nitrogens is 2. The molecule has 3 N–H and O–H groups in total. The third-order valence-corrected chi connectivity index (χ3v) is 6.62. The Morgan fingerprint density at radius 1 is 1.35 bits per heavy atom. The number of aliphatic hydroxyl groups excluding tert-OH is 1. The molecular weight excluding hydrogens is 507 g/mol. The number of rotatable bonds is 10. The van der Waals surface area contributed by atoms with Crippen molar-refractivity contribution in [2.45, 2.75) is 64.3 Å². The number of hydrogen-bond donors (Lipinski definition) is 3. The average molecular weight is 538 g/mol. The van der Waals surface area contributed by atoms with Crippen molar-refractivity contribution >= 4 is 13.7 Å². The van der Waals surface area contributed by atoms with Crippen LogP contribution in [0.4, 0.5) is 0 Å². The van der Waals surface area contributed by atoms with Crippen LogP contribution in [0.3, 0.4) is 0 Å². The minimum Gasteiger partial charge on any atom is -0.462 e. The summed E-state index contributed by atoms with van der Waals surface area (Å²) in [6.45, 7) is 10.3. The third-order valence-electron chi connectivity index (χ3n) is 5.12. The van der Waals surface area contributed by atoms with Gasteiger partial charge >= 0.3 is 19.4 Å². The molecule has 2 aromatic rings. The molecule has 3 rings (SSSR count). The minimum atomic E-state index is -4.75. The first-order chi connectivity index (χ1) is 18.2. The molecule has 1 saturated heterocycles. The van der Waals surface area contributed by atoms with Gasteiger partial charge < -0.3 is 23.9 Å². The summed E-state index contributed by atoms with van der Waals surface area (Å²) in [5.74, 6) is -0.808. The van der Waals surface area contributed by atoms with Crippen LogP contribution in [-0.4, -0.2) is 57.6 Å². The van der Waals surface area contributed by atoms with Crippen molar-refractivity contribution in [3.05, 3.63) is 74.3 Å². The largest absolute Gasteiger partial charge is 0.462 e. The molecule has 0 bridgehead atoms. The second-order valence-electron chi connectivity index (χ2n) is 8.48. The van der Waals surface area contributed by atoms with Crippen molar-refractivity contribution in [1.29, 1.82) is 0 Å². The van der Waals surface area contributed by atoms with Gasteiger partial charge in [0, 0.05) is 11.8 Å². The topological polar surface area (TPSA) is 163 Å². The van der Waals surface area contributed by atoms with Crippen LogP contribution in [0, 0.1) is 13.5 Å². The Bertz CT molecular complexity index is 1390. The van der Waals surface area contributed by atoms with Gasteiger partial charge in [0.2, 0.25) is 6.23 Å². The van der Waals surface area contributed by atoms with Gasteiger partial charge in [0.15, 0.2) is 6.10 Å². The van der Waals surface area contributed by atoms with Gasteiger partial charge in [-0.3, -0.25) is 23.7 Å². The zero-order chi connectivity index (χ0) is 29.1. The van der Waals surface area contributed by atoms with Crippen LogP contribution in [-0.2, 0) is 23.4 Å². The molecule has 1 aliphatic rings. The summed E-state index contributed by atoms with van der Waals surface area (Å²) >= 11 is 0. The lowest BCUT2D eigenvalue weighted by molar-refractivity contribution is -0.149. The van der Waals surface area contributed by atoms with E-state index in [2.05, 4.69) is 14.9 Å². The zero-order valence-electron chi connectivity index (χ0n) is 22.5. The smallest absolute Gasteiger partial charge is 0.459 e. The van der Waals surface area contributed by atoms with Crippen molar-refractivity contribution in [2.24, 2.45) is 0 Å². The maximum atomic E-state index is 13.8. The molecule has 1 fully saturated rings. The van der Waals surface area contributed by atoms with Crippen LogP contribution < -0.4 is 20.9 Å². The van der Waals surface area contributed by atoms with E-state index in [4.69, 9.17) is 27.8 Å². The van der Waals surface area contributed by atoms with Gasteiger partial charge in [-0.15, -0.1) is 0 Å². The first-order valence-corrected chi connectivity index (χ1v) is 12.8. The molecule has 0 aliphatic carbocycles. The van der Waals surface area contributed by atoms with E-state index >= 15 is 0 Å². The molecule has 13 nitrogen and oxygen atoms in total. The van der Waals surface area contributed by atoms with E-state index in [1.807, 2.05) is 0 Å². The molecule has 1 aromatic heterocycles. The number of H-pyrrole nitrogens is 1. The predicted molar refractivity (Wildman–Crippen MR) is 131 cm³/mol. The number of esters is 1. The lowest BCUT2D eigenvalue weighted by Crippen LogP contribution is -2.38. The normalized spacial score (nSPS) is 24.9. The molecule has 14 heteroatoms. The highest BCUT2D eigenvalue weighted by atomic mass is 31.2. The number of carbonyl (C=O) groups excluding carboxylic acids is 1. The van der Waals surface area contributed by atoms with E-state index in [1.165, 1.54) is 26.0 Å². The van der Waals surface area contributed by atoms with Gasteiger partial charge in [-0.25, -0.2) is 15.9 Å². The highest BCUT2D eigenvalue weighted by molar-refractivity contribution is 7.52. The maximum Gasteiger partial charge on any atom is 0.459 e. The molecule has 0 amide bonds. The van der Waals surface area contributed by atoms with Crippen molar-refractivity contribution in [3.8, 4) is 5.75 Å². The third kappa shape index (κ3) is 6.94. The van der Waals surface area contributed by atoms with Crippen LogP contribution in [0.15, 0.2) is 46.1 Å². The summed E-state index contributed by atoms with van der Waals surface area (Å²) in [5.41, 5.74) is -1.51. The molecule has 2 unspecified atom stereocenters. The van der Waals surface area contributed by atoms with Gasteiger partial charge in [-0.1, -0.05) is 18.2 Å². The molecule has 0 saturated carbocycles. The fourth-order valence-corrected chi connectivity index (χ4v) is 4.70. The Labute approximate surface area is 215 Å². The maximum absolute atomic E-state index is 13.8. The Morgan fingerprint density at radius 2 is 2.03 bits per heavy atom. The first kappa shape index (κ1) is 25.4. The fraction of sp³-hybridized carbons (Fsp3) is 0.478. The highest BCUT2D eigenvalue weighted by Crippen LogP contribution is 2.46. The fourth-order valence-electron chi connectivity index (χ4n) is 3.34. The quantitative estimate of drug-likeness (QED) is 0.230. The van der Waals surface area contributed by atoms with E-state index in [1.54, 1.807) is 32.0 Å². The molecule has 0 radical (unpaired) electrons. The van der Waals surface area contributed by atoms with Gasteiger partial charge in [-0.2, -0.15) is 5.09 Å². The Hall–Kier alpha value is -3.27. The Morgan fingerprint density at radius 3 is 2.65 bits per heavy atom. The van der Waals surface area contributed by atoms with Crippen LogP contribution >= 0.6 is 7.75 Å². The number of carbonyl (C=O) groups is 1. The lowest BCUT2D eigenvalue weighted by Gasteiger charge is -2.24. The zero-order valence-corrected chi connectivity index (χ0v) is 21.4. The van der Waals surface area contributed by atoms with E-state index in [-0.39, 0.29) is 11.3 Å². The summed E-state index contributed by atoms with van der Waals surface area (Å²) < 4.78 is 53.0. The summed E-state index contributed by atoms with van der Waals surface area (Å²) in [4.78, 5) is 41.8. The molecule has 1 aromatic carbocycles. The number of aliphatic hydroxyl groups is 1. The first-order valence-electron chi connectivity index (χ1n) is 12.2. The second-order valence-corrected chi connectivity index (χ2v) is 10.1. The standard InChI is InChI=1S/C23H29N4O9P/c1-13(2)34-22(30)15(4)26-37(32,36-16-9-7-6-8-10-16)33-12-17-19(28)18(24-5)21(35-17)27-11-14(3)20(29)25-23(27)31/h6-11,13,15,17-19,21,28H,12H2,1-4H3,(H,26,32)(H,25,29,31)/t15-,17-,18+,19?,21-,37?/m0/s1/i12D2. The predicted octanol–water partition coefficient (Wildman–Crippen LogP) is 1.52. The monoisotopic (exact) mass is 538 g/mol. The van der Waals surface area contributed by atoms with E-state index in [9.17, 15) is 24.1 Å². The van der Waals surface area contributed by atoms with E-state index in [0.717, 1.165) is 10.8 Å². The van der Waals surface area contributed by atoms with Crippen LogP contribution in [0.1, 0.15) is 35.3 Å². The highest BCUT2D eigenvalue weighted by Gasteiger charge is 2.51. The molecular formula is C23H29N4O9P. The van der Waals surface area contributed by atoms with Crippen LogP contribution in [0.2, 0.25) is 0 Å². The summed E-state index contributed by atoms with van der Waals surface area (Å²) in [5, 5.41) is 13.2. The number of para-hydroxylation sites is 1. The summed E-state index contributed by atoms with van der Waals surface area (Å²) in [6.07, 6.45) is -4.72. The molecule has 37 heavy (non-hydrogen) atoms. The molecule has 200 valence electrons. The van der Waals surface area contributed by atoms with Crippen molar-refractivity contribution in [1.82, 2.24) is 14.6 Å². The summed E-state index contributed by atoms with van der Waals surface area (Å²) in [7, 11) is -4.75.